The molecule has 0 atom stereocenters. The molecule has 0 aliphatic heterocycles. The van der Waals surface area contributed by atoms with E-state index in [0.717, 1.165) is 6.26 Å². The molecule has 1 heterocycles. The van der Waals surface area contributed by atoms with Gasteiger partial charge in [-0.25, -0.2) is 8.42 Å². The van der Waals surface area contributed by atoms with Crippen molar-refractivity contribution in [3.05, 3.63) is 41.7 Å². The molecule has 0 unspecified atom stereocenters. The Morgan fingerprint density at radius 3 is 2.62 bits per heavy atom. The zero-order chi connectivity index (χ0) is 11.8. The SMILES string of the molecule is CS(=O)(=O)Nc1cccc2ccc[n+]([O-])c12. The topological polar surface area (TPSA) is 73.1 Å². The lowest BCUT2D eigenvalue weighted by atomic mass is 10.2. The first-order valence-corrected chi connectivity index (χ1v) is 6.45. The van der Waals surface area contributed by atoms with Crippen molar-refractivity contribution in [3.63, 3.8) is 0 Å². The highest BCUT2D eigenvalue weighted by molar-refractivity contribution is 7.92. The van der Waals surface area contributed by atoms with Gasteiger partial charge >= 0.3 is 0 Å². The van der Waals surface area contributed by atoms with Gasteiger partial charge in [0.25, 0.3) is 0 Å². The van der Waals surface area contributed by atoms with Crippen molar-refractivity contribution >= 4 is 26.6 Å². The van der Waals surface area contributed by atoms with Gasteiger partial charge in [-0.3, -0.25) is 4.72 Å². The number of rotatable bonds is 2. The van der Waals surface area contributed by atoms with E-state index in [-0.39, 0.29) is 5.69 Å². The zero-order valence-electron chi connectivity index (χ0n) is 8.54. The van der Waals surface area contributed by atoms with Crippen LogP contribution in [-0.2, 0) is 10.0 Å². The van der Waals surface area contributed by atoms with Crippen LogP contribution in [0.1, 0.15) is 0 Å². The molecule has 5 nitrogen and oxygen atoms in total. The van der Waals surface area contributed by atoms with Gasteiger partial charge in [-0.05, 0) is 18.2 Å². The standard InChI is InChI=1S/C10H10N2O3S/c1-16(14,15)11-9-6-2-4-8-5-3-7-12(13)10(8)9/h2-7,11H,1H3. The molecule has 2 rings (SSSR count). The lowest BCUT2D eigenvalue weighted by molar-refractivity contribution is -0.576. The number of para-hydroxylation sites is 1. The number of sulfonamides is 1. The molecule has 0 saturated heterocycles. The quantitative estimate of drug-likeness (QED) is 0.622. The first-order chi connectivity index (χ1) is 7.47. The monoisotopic (exact) mass is 238 g/mol. The van der Waals surface area contributed by atoms with Crippen LogP contribution in [0.4, 0.5) is 5.69 Å². The average Bonchev–Trinajstić information content (AvgIpc) is 2.15. The summed E-state index contributed by atoms with van der Waals surface area (Å²) in [5.41, 5.74) is 0.603. The minimum absolute atomic E-state index is 0.288. The fourth-order valence-corrected chi connectivity index (χ4v) is 2.09. The maximum Gasteiger partial charge on any atom is 0.248 e. The van der Waals surface area contributed by atoms with Crippen molar-refractivity contribution in [2.45, 2.75) is 0 Å². The summed E-state index contributed by atoms with van der Waals surface area (Å²) in [6, 6.07) is 8.35. The molecular formula is C10H10N2O3S. The van der Waals surface area contributed by atoms with Crippen molar-refractivity contribution in [3.8, 4) is 0 Å². The predicted octanol–water partition coefficient (Wildman–Crippen LogP) is 0.845. The van der Waals surface area contributed by atoms with Gasteiger partial charge < -0.3 is 5.21 Å². The van der Waals surface area contributed by atoms with Crippen molar-refractivity contribution in [2.24, 2.45) is 0 Å². The van der Waals surface area contributed by atoms with E-state index < -0.39 is 10.0 Å². The smallest absolute Gasteiger partial charge is 0.248 e. The molecule has 1 aromatic heterocycles. The van der Waals surface area contributed by atoms with Crippen LogP contribution in [0.3, 0.4) is 0 Å². The van der Waals surface area contributed by atoms with Gasteiger partial charge in [0.05, 0.1) is 6.26 Å². The number of fused-ring (bicyclic) bond motifs is 1. The molecule has 16 heavy (non-hydrogen) atoms. The fourth-order valence-electron chi connectivity index (χ4n) is 1.52. The molecule has 0 aliphatic carbocycles. The molecule has 0 aliphatic rings. The van der Waals surface area contributed by atoms with Gasteiger partial charge in [-0.1, -0.05) is 6.07 Å². The first kappa shape index (κ1) is 10.7. The van der Waals surface area contributed by atoms with E-state index in [1.54, 1.807) is 30.3 Å². The highest BCUT2D eigenvalue weighted by atomic mass is 32.2. The Morgan fingerprint density at radius 2 is 1.94 bits per heavy atom. The highest BCUT2D eigenvalue weighted by Gasteiger charge is 2.12. The first-order valence-electron chi connectivity index (χ1n) is 4.56. The van der Waals surface area contributed by atoms with E-state index >= 15 is 0 Å². The van der Waals surface area contributed by atoms with Crippen LogP contribution < -0.4 is 9.45 Å². The third kappa shape index (κ3) is 2.06. The van der Waals surface area contributed by atoms with Crippen molar-refractivity contribution in [2.75, 3.05) is 11.0 Å². The van der Waals surface area contributed by atoms with E-state index in [4.69, 9.17) is 0 Å². The molecule has 0 amide bonds. The second-order valence-corrected chi connectivity index (χ2v) is 5.20. The second-order valence-electron chi connectivity index (χ2n) is 3.45. The predicted molar refractivity (Wildman–Crippen MR) is 61.4 cm³/mol. The van der Waals surface area contributed by atoms with Gasteiger partial charge in [0.1, 0.15) is 5.69 Å². The molecule has 1 N–H and O–H groups in total. The van der Waals surface area contributed by atoms with Gasteiger partial charge in [-0.2, -0.15) is 4.73 Å². The van der Waals surface area contributed by atoms with Gasteiger partial charge in [0.15, 0.2) is 6.20 Å². The van der Waals surface area contributed by atoms with Crippen LogP contribution in [0.2, 0.25) is 0 Å². The Labute approximate surface area is 93.0 Å². The van der Waals surface area contributed by atoms with E-state index in [1.165, 1.54) is 6.20 Å². The Hall–Kier alpha value is -1.82. The molecule has 1 aromatic carbocycles. The molecule has 6 heteroatoms. The van der Waals surface area contributed by atoms with Crippen LogP contribution in [0.25, 0.3) is 10.9 Å². The fraction of sp³-hybridized carbons (Fsp3) is 0.100. The van der Waals surface area contributed by atoms with E-state index in [9.17, 15) is 13.6 Å². The second kappa shape index (κ2) is 3.64. The van der Waals surface area contributed by atoms with Crippen LogP contribution in [0.15, 0.2) is 36.5 Å². The van der Waals surface area contributed by atoms with Crippen LogP contribution in [0, 0.1) is 5.21 Å². The average molecular weight is 238 g/mol. The van der Waals surface area contributed by atoms with Gasteiger partial charge in [-0.15, -0.1) is 0 Å². The van der Waals surface area contributed by atoms with E-state index in [1.807, 2.05) is 0 Å². The number of nitrogens with zero attached hydrogens (tertiary/aromatic N) is 1. The summed E-state index contributed by atoms with van der Waals surface area (Å²) in [5, 5.41) is 12.3. The summed E-state index contributed by atoms with van der Waals surface area (Å²) in [6.45, 7) is 0. The summed E-state index contributed by atoms with van der Waals surface area (Å²) in [6.07, 6.45) is 2.37. The molecule has 2 aromatic rings. The van der Waals surface area contributed by atoms with E-state index in [2.05, 4.69) is 4.72 Å². The largest absolute Gasteiger partial charge is 0.618 e. The number of aromatic nitrogens is 1. The third-order valence-electron chi connectivity index (χ3n) is 2.08. The minimum atomic E-state index is -3.39. The minimum Gasteiger partial charge on any atom is -0.618 e. The maximum atomic E-state index is 11.6. The summed E-state index contributed by atoms with van der Waals surface area (Å²) in [5.74, 6) is 0. The van der Waals surface area contributed by atoms with Gasteiger partial charge in [0.2, 0.25) is 15.5 Å². The summed E-state index contributed by atoms with van der Waals surface area (Å²) in [4.78, 5) is 0. The normalized spacial score (nSPS) is 11.6. The highest BCUT2D eigenvalue weighted by Crippen LogP contribution is 2.20. The lowest BCUT2D eigenvalue weighted by Gasteiger charge is -2.07. The lowest BCUT2D eigenvalue weighted by Crippen LogP contribution is -2.27. The zero-order valence-corrected chi connectivity index (χ0v) is 9.36. The Balaban J connectivity index is 2.70. The summed E-state index contributed by atoms with van der Waals surface area (Å²) in [7, 11) is -3.39. The van der Waals surface area contributed by atoms with Gasteiger partial charge in [0, 0.05) is 11.5 Å². The summed E-state index contributed by atoms with van der Waals surface area (Å²) < 4.78 is 25.2. The Kier molecular flexibility index (Phi) is 2.43. The van der Waals surface area contributed by atoms with Crippen molar-refractivity contribution in [1.29, 1.82) is 0 Å². The molecular weight excluding hydrogens is 228 g/mol. The van der Waals surface area contributed by atoms with Crippen LogP contribution >= 0.6 is 0 Å². The number of hydrogen-bond donors (Lipinski definition) is 1. The maximum absolute atomic E-state index is 11.6. The molecule has 84 valence electrons. The Morgan fingerprint density at radius 1 is 1.25 bits per heavy atom. The molecule has 0 bridgehead atoms. The van der Waals surface area contributed by atoms with Crippen molar-refractivity contribution in [1.82, 2.24) is 0 Å². The molecule has 0 radical (unpaired) electrons. The Bertz CT molecular complexity index is 632. The molecule has 0 saturated carbocycles. The van der Waals surface area contributed by atoms with Crippen LogP contribution in [-0.4, -0.2) is 14.7 Å². The molecule has 0 fully saturated rings. The van der Waals surface area contributed by atoms with E-state index in [0.29, 0.717) is 15.6 Å². The number of benzene rings is 1. The third-order valence-corrected chi connectivity index (χ3v) is 2.67. The van der Waals surface area contributed by atoms with Crippen LogP contribution in [0.5, 0.6) is 0 Å². The number of hydrogen-bond acceptors (Lipinski definition) is 3. The number of nitrogens with one attached hydrogen (secondary N) is 1. The summed E-state index contributed by atoms with van der Waals surface area (Å²) >= 11 is 0. The number of pyridine rings is 1. The number of anilines is 1. The molecule has 0 spiro atoms. The van der Waals surface area contributed by atoms with Crippen molar-refractivity contribution < 1.29 is 13.1 Å².